The molecular formula is C23H26N2O4. The van der Waals surface area contributed by atoms with E-state index in [1.54, 1.807) is 24.3 Å². The van der Waals surface area contributed by atoms with Crippen molar-refractivity contribution in [2.75, 3.05) is 19.7 Å². The molecule has 0 bridgehead atoms. The van der Waals surface area contributed by atoms with Gasteiger partial charge in [0.15, 0.2) is 0 Å². The number of carbonyl (C=O) groups excluding carboxylic acids is 2. The molecule has 2 atom stereocenters. The van der Waals surface area contributed by atoms with Crippen molar-refractivity contribution in [3.63, 3.8) is 0 Å². The highest BCUT2D eigenvalue weighted by Gasteiger charge is 2.34. The number of fused-ring (bicyclic) bond motifs is 1. The number of benzene rings is 2. The van der Waals surface area contributed by atoms with E-state index in [0.29, 0.717) is 30.7 Å². The van der Waals surface area contributed by atoms with E-state index in [-0.39, 0.29) is 24.1 Å². The minimum atomic E-state index is -0.380. The van der Waals surface area contributed by atoms with Gasteiger partial charge in [0.2, 0.25) is 0 Å². The van der Waals surface area contributed by atoms with Gasteiger partial charge in [-0.1, -0.05) is 24.3 Å². The largest absolute Gasteiger partial charge is 0.494 e. The zero-order chi connectivity index (χ0) is 20.4. The van der Waals surface area contributed by atoms with Gasteiger partial charge in [0.05, 0.1) is 17.7 Å². The summed E-state index contributed by atoms with van der Waals surface area (Å²) in [6.45, 7) is 3.74. The smallest absolute Gasteiger partial charge is 0.261 e. The lowest BCUT2D eigenvalue weighted by atomic mass is 10.1. The lowest BCUT2D eigenvalue weighted by Gasteiger charge is -2.28. The Balaban J connectivity index is 1.30. The van der Waals surface area contributed by atoms with Gasteiger partial charge in [-0.25, -0.2) is 0 Å². The molecule has 4 rings (SSSR count). The molecule has 2 aromatic rings. The van der Waals surface area contributed by atoms with E-state index in [2.05, 4.69) is 11.8 Å². The minimum Gasteiger partial charge on any atom is -0.494 e. The molecule has 6 nitrogen and oxygen atoms in total. The average Bonchev–Trinajstić information content (AvgIpc) is 3.27. The highest BCUT2D eigenvalue weighted by Crippen LogP contribution is 2.29. The number of hydrogen-bond donors (Lipinski definition) is 1. The van der Waals surface area contributed by atoms with Gasteiger partial charge >= 0.3 is 0 Å². The number of aliphatic hydroxyl groups excluding tert-OH is 1. The number of likely N-dealkylation sites (tertiary alicyclic amines) is 1. The van der Waals surface area contributed by atoms with Crippen LogP contribution in [-0.2, 0) is 0 Å². The summed E-state index contributed by atoms with van der Waals surface area (Å²) in [5, 5.41) is 10.1. The number of carbonyl (C=O) groups is 2. The van der Waals surface area contributed by atoms with Gasteiger partial charge in [-0.15, -0.1) is 0 Å². The Hall–Kier alpha value is -2.70. The summed E-state index contributed by atoms with van der Waals surface area (Å²) in [7, 11) is 0. The summed E-state index contributed by atoms with van der Waals surface area (Å²) >= 11 is 0. The van der Waals surface area contributed by atoms with Crippen LogP contribution in [0.1, 0.15) is 58.5 Å². The molecule has 1 fully saturated rings. The first-order chi connectivity index (χ1) is 14.1. The molecule has 29 heavy (non-hydrogen) atoms. The molecule has 2 amide bonds. The zero-order valence-electron chi connectivity index (χ0n) is 16.6. The normalized spacial score (nSPS) is 20.2. The molecule has 2 aliphatic rings. The fraction of sp³-hybridized carbons (Fsp3) is 0.391. The Labute approximate surface area is 170 Å². The van der Waals surface area contributed by atoms with Crippen LogP contribution in [0.2, 0.25) is 0 Å². The summed E-state index contributed by atoms with van der Waals surface area (Å²) in [6, 6.07) is 14.9. The first-order valence-electron chi connectivity index (χ1n) is 10.2. The van der Waals surface area contributed by atoms with Crippen molar-refractivity contribution in [2.24, 2.45) is 0 Å². The SMILES string of the molecule is CC(c1cccc(OCCCN2C(=O)c3ccccc3C2=O)c1)N1CCCC1O. The van der Waals surface area contributed by atoms with E-state index in [4.69, 9.17) is 4.74 Å². The fourth-order valence-corrected chi connectivity index (χ4v) is 4.13. The van der Waals surface area contributed by atoms with E-state index in [0.717, 1.165) is 30.7 Å². The average molecular weight is 394 g/mol. The lowest BCUT2D eigenvalue weighted by Crippen LogP contribution is -2.31. The van der Waals surface area contributed by atoms with Crippen LogP contribution >= 0.6 is 0 Å². The second-order valence-electron chi connectivity index (χ2n) is 7.62. The van der Waals surface area contributed by atoms with Crippen molar-refractivity contribution in [1.82, 2.24) is 9.80 Å². The van der Waals surface area contributed by atoms with Crippen molar-refractivity contribution in [3.05, 3.63) is 65.2 Å². The third kappa shape index (κ3) is 3.91. The second-order valence-corrected chi connectivity index (χ2v) is 7.62. The predicted molar refractivity (Wildman–Crippen MR) is 109 cm³/mol. The maximum atomic E-state index is 12.4. The number of imide groups is 1. The third-order valence-corrected chi connectivity index (χ3v) is 5.77. The van der Waals surface area contributed by atoms with Crippen molar-refractivity contribution >= 4 is 11.8 Å². The first kappa shape index (κ1) is 19.6. The van der Waals surface area contributed by atoms with Gasteiger partial charge in [-0.2, -0.15) is 0 Å². The molecule has 1 saturated heterocycles. The molecule has 6 heteroatoms. The van der Waals surface area contributed by atoms with Crippen LogP contribution in [0.25, 0.3) is 0 Å². The standard InChI is InChI=1S/C23H26N2O4/c1-16(24-12-5-11-21(24)26)17-7-4-8-18(15-17)29-14-6-13-25-22(27)19-9-2-3-10-20(19)23(25)28/h2-4,7-10,15-16,21,26H,5-6,11-14H2,1H3. The number of amides is 2. The number of aliphatic hydroxyl groups is 1. The maximum Gasteiger partial charge on any atom is 0.261 e. The number of nitrogens with zero attached hydrogens (tertiary/aromatic N) is 2. The molecule has 2 unspecified atom stereocenters. The number of ether oxygens (including phenoxy) is 1. The molecule has 0 saturated carbocycles. The molecular weight excluding hydrogens is 368 g/mol. The third-order valence-electron chi connectivity index (χ3n) is 5.77. The highest BCUT2D eigenvalue weighted by atomic mass is 16.5. The predicted octanol–water partition coefficient (Wildman–Crippen LogP) is 3.23. The van der Waals surface area contributed by atoms with Crippen molar-refractivity contribution < 1.29 is 19.4 Å². The molecule has 0 aromatic heterocycles. The Morgan fingerprint density at radius 2 is 1.83 bits per heavy atom. The van der Waals surface area contributed by atoms with Gasteiger partial charge in [-0.05, 0) is 56.0 Å². The van der Waals surface area contributed by atoms with Gasteiger partial charge in [0.1, 0.15) is 12.0 Å². The Bertz CT molecular complexity index is 878. The van der Waals surface area contributed by atoms with Gasteiger partial charge < -0.3 is 9.84 Å². The minimum absolute atomic E-state index is 0.120. The van der Waals surface area contributed by atoms with Crippen LogP contribution in [0, 0.1) is 0 Å². The Morgan fingerprint density at radius 1 is 1.10 bits per heavy atom. The first-order valence-corrected chi connectivity index (χ1v) is 10.2. The number of rotatable bonds is 7. The molecule has 0 spiro atoms. The van der Waals surface area contributed by atoms with Crippen LogP contribution in [0.3, 0.4) is 0 Å². The van der Waals surface area contributed by atoms with E-state index >= 15 is 0 Å². The van der Waals surface area contributed by atoms with Crippen molar-refractivity contribution in [3.8, 4) is 5.75 Å². The molecule has 2 aliphatic heterocycles. The highest BCUT2D eigenvalue weighted by molar-refractivity contribution is 6.21. The van der Waals surface area contributed by atoms with Gasteiger partial charge in [-0.3, -0.25) is 19.4 Å². The quantitative estimate of drug-likeness (QED) is 0.577. The van der Waals surface area contributed by atoms with Crippen LogP contribution in [0.15, 0.2) is 48.5 Å². The van der Waals surface area contributed by atoms with Gasteiger partial charge in [0.25, 0.3) is 11.8 Å². The van der Waals surface area contributed by atoms with Crippen LogP contribution in [-0.4, -0.2) is 52.6 Å². The maximum absolute atomic E-state index is 12.4. The van der Waals surface area contributed by atoms with E-state index < -0.39 is 0 Å². The topological polar surface area (TPSA) is 70.1 Å². The molecule has 0 aliphatic carbocycles. The Morgan fingerprint density at radius 3 is 2.48 bits per heavy atom. The molecule has 152 valence electrons. The van der Waals surface area contributed by atoms with E-state index in [9.17, 15) is 14.7 Å². The lowest BCUT2D eigenvalue weighted by molar-refractivity contribution is 0.0126. The van der Waals surface area contributed by atoms with E-state index in [1.807, 2.05) is 24.3 Å². The molecule has 2 aromatic carbocycles. The van der Waals surface area contributed by atoms with Crippen LogP contribution < -0.4 is 4.74 Å². The zero-order valence-corrected chi connectivity index (χ0v) is 16.6. The van der Waals surface area contributed by atoms with Crippen LogP contribution in [0.5, 0.6) is 5.75 Å². The van der Waals surface area contributed by atoms with Crippen molar-refractivity contribution in [1.29, 1.82) is 0 Å². The van der Waals surface area contributed by atoms with Crippen LogP contribution in [0.4, 0.5) is 0 Å². The number of hydrogen-bond acceptors (Lipinski definition) is 5. The summed E-state index contributed by atoms with van der Waals surface area (Å²) < 4.78 is 5.86. The molecule has 0 radical (unpaired) electrons. The summed E-state index contributed by atoms with van der Waals surface area (Å²) in [5.41, 5.74) is 2.05. The summed E-state index contributed by atoms with van der Waals surface area (Å²) in [6.07, 6.45) is 2.02. The van der Waals surface area contributed by atoms with Crippen molar-refractivity contribution in [2.45, 2.75) is 38.5 Å². The Kier molecular flexibility index (Phi) is 5.65. The fourth-order valence-electron chi connectivity index (χ4n) is 4.13. The summed E-state index contributed by atoms with van der Waals surface area (Å²) in [5.74, 6) is 0.293. The molecule has 2 heterocycles. The monoisotopic (exact) mass is 394 g/mol. The molecule has 1 N–H and O–H groups in total. The second kappa shape index (κ2) is 8.35. The summed E-state index contributed by atoms with van der Waals surface area (Å²) in [4.78, 5) is 28.2. The van der Waals surface area contributed by atoms with Gasteiger partial charge in [0, 0.05) is 19.1 Å². The van der Waals surface area contributed by atoms with E-state index in [1.165, 1.54) is 4.90 Å².